The largest absolute Gasteiger partial charge is 0.441 e. The molecule has 4 rings (SSSR count). The highest BCUT2D eigenvalue weighted by Crippen LogP contribution is 2.29. The van der Waals surface area contributed by atoms with Crippen LogP contribution in [0.15, 0.2) is 34.7 Å². The zero-order valence-electron chi connectivity index (χ0n) is 17.2. The van der Waals surface area contributed by atoms with Crippen LogP contribution in [0.25, 0.3) is 11.5 Å². The van der Waals surface area contributed by atoms with E-state index in [9.17, 15) is 13.2 Å². The lowest BCUT2D eigenvalue weighted by Gasteiger charge is -2.11. The molecule has 1 saturated heterocycles. The summed E-state index contributed by atoms with van der Waals surface area (Å²) >= 11 is 0. The highest BCUT2D eigenvalue weighted by molar-refractivity contribution is 7.91. The van der Waals surface area contributed by atoms with Crippen molar-refractivity contribution in [3.05, 3.63) is 53.2 Å². The summed E-state index contributed by atoms with van der Waals surface area (Å²) in [6.07, 6.45) is 0.613. The molecule has 1 unspecified atom stereocenters. The van der Waals surface area contributed by atoms with E-state index in [2.05, 4.69) is 15.4 Å². The van der Waals surface area contributed by atoms with E-state index in [1.807, 2.05) is 37.3 Å². The van der Waals surface area contributed by atoms with E-state index in [4.69, 9.17) is 4.42 Å². The standard InChI is InChI=1S/C21H24N4O4S/c1-13-20(14(2)25(24-13)17-9-10-30(27,28)12-17)23-19(26)11-18-15(3)29-21(22-18)16-7-5-4-6-8-16/h4-8,17H,9-12H2,1-3H3,(H,23,26). The van der Waals surface area contributed by atoms with Crippen LogP contribution in [0.5, 0.6) is 0 Å². The third-order valence-electron chi connectivity index (χ3n) is 5.39. The van der Waals surface area contributed by atoms with Gasteiger partial charge >= 0.3 is 0 Å². The van der Waals surface area contributed by atoms with Crippen LogP contribution in [0.1, 0.15) is 35.3 Å². The van der Waals surface area contributed by atoms with E-state index < -0.39 is 9.84 Å². The second-order valence-electron chi connectivity index (χ2n) is 7.66. The minimum atomic E-state index is -3.02. The Labute approximate surface area is 175 Å². The molecule has 0 bridgehead atoms. The van der Waals surface area contributed by atoms with Crippen LogP contribution in [0.4, 0.5) is 5.69 Å². The van der Waals surface area contributed by atoms with Crippen molar-refractivity contribution in [3.63, 3.8) is 0 Å². The second kappa shape index (κ2) is 7.71. The maximum atomic E-state index is 12.7. The fourth-order valence-electron chi connectivity index (χ4n) is 3.80. The molecule has 1 aliphatic heterocycles. The number of nitrogens with one attached hydrogen (secondary N) is 1. The van der Waals surface area contributed by atoms with Crippen LogP contribution in [-0.2, 0) is 21.1 Å². The van der Waals surface area contributed by atoms with Crippen LogP contribution in [0, 0.1) is 20.8 Å². The molecule has 1 fully saturated rings. The average Bonchev–Trinajstić information content (AvgIpc) is 3.34. The van der Waals surface area contributed by atoms with Crippen molar-refractivity contribution in [1.29, 1.82) is 0 Å². The zero-order valence-corrected chi connectivity index (χ0v) is 18.0. The maximum absolute atomic E-state index is 12.7. The number of carbonyl (C=O) groups is 1. The number of anilines is 1. The van der Waals surface area contributed by atoms with Gasteiger partial charge in [-0.05, 0) is 39.3 Å². The zero-order chi connectivity index (χ0) is 21.5. The van der Waals surface area contributed by atoms with Crippen molar-refractivity contribution in [2.75, 3.05) is 16.8 Å². The number of oxazole rings is 1. The number of aryl methyl sites for hydroxylation is 2. The second-order valence-corrected chi connectivity index (χ2v) is 9.89. The molecular weight excluding hydrogens is 404 g/mol. The lowest BCUT2D eigenvalue weighted by Crippen LogP contribution is -2.17. The smallest absolute Gasteiger partial charge is 0.230 e. The van der Waals surface area contributed by atoms with Crippen molar-refractivity contribution >= 4 is 21.4 Å². The molecule has 0 saturated carbocycles. The summed E-state index contributed by atoms with van der Waals surface area (Å²) in [5, 5.41) is 7.40. The molecular formula is C21H24N4O4S. The van der Waals surface area contributed by atoms with Gasteiger partial charge in [0.25, 0.3) is 0 Å². The maximum Gasteiger partial charge on any atom is 0.230 e. The Morgan fingerprint density at radius 3 is 2.63 bits per heavy atom. The number of rotatable bonds is 5. The Bertz CT molecular complexity index is 1200. The molecule has 8 nitrogen and oxygen atoms in total. The number of sulfone groups is 1. The summed E-state index contributed by atoms with van der Waals surface area (Å²) in [5.74, 6) is 1.12. The fraction of sp³-hybridized carbons (Fsp3) is 0.381. The van der Waals surface area contributed by atoms with Gasteiger partial charge in [0.1, 0.15) is 5.76 Å². The number of carbonyl (C=O) groups excluding carboxylic acids is 1. The summed E-state index contributed by atoms with van der Waals surface area (Å²) < 4.78 is 31.1. The normalized spacial score (nSPS) is 17.9. The van der Waals surface area contributed by atoms with Crippen LogP contribution >= 0.6 is 0 Å². The first-order chi connectivity index (χ1) is 14.2. The number of aromatic nitrogens is 3. The number of hydrogen-bond donors (Lipinski definition) is 1. The Kier molecular flexibility index (Phi) is 5.23. The van der Waals surface area contributed by atoms with Gasteiger partial charge in [-0.3, -0.25) is 9.48 Å². The monoisotopic (exact) mass is 428 g/mol. The summed E-state index contributed by atoms with van der Waals surface area (Å²) in [4.78, 5) is 17.2. The number of benzene rings is 1. The van der Waals surface area contributed by atoms with Crippen molar-refractivity contribution in [2.45, 2.75) is 39.7 Å². The molecule has 1 N–H and O–H groups in total. The van der Waals surface area contributed by atoms with Crippen molar-refractivity contribution in [1.82, 2.24) is 14.8 Å². The van der Waals surface area contributed by atoms with E-state index in [0.29, 0.717) is 35.1 Å². The number of hydrogen-bond acceptors (Lipinski definition) is 6. The van der Waals surface area contributed by atoms with E-state index >= 15 is 0 Å². The Morgan fingerprint density at radius 1 is 1.23 bits per heavy atom. The Morgan fingerprint density at radius 2 is 1.97 bits per heavy atom. The van der Waals surface area contributed by atoms with Crippen molar-refractivity contribution in [3.8, 4) is 11.5 Å². The molecule has 2 aromatic heterocycles. The fourth-order valence-corrected chi connectivity index (χ4v) is 5.49. The lowest BCUT2D eigenvalue weighted by molar-refractivity contribution is -0.115. The van der Waals surface area contributed by atoms with Gasteiger partial charge in [-0.15, -0.1) is 0 Å². The minimum absolute atomic E-state index is 0.0734. The third kappa shape index (κ3) is 4.02. The van der Waals surface area contributed by atoms with Crippen LogP contribution < -0.4 is 5.32 Å². The first kappa shape index (κ1) is 20.3. The SMILES string of the molecule is Cc1nn(C2CCS(=O)(=O)C2)c(C)c1NC(=O)Cc1nc(-c2ccccc2)oc1C. The topological polar surface area (TPSA) is 107 Å². The summed E-state index contributed by atoms with van der Waals surface area (Å²) in [7, 11) is -3.02. The van der Waals surface area contributed by atoms with Gasteiger partial charge < -0.3 is 9.73 Å². The first-order valence-corrected chi connectivity index (χ1v) is 11.6. The summed E-state index contributed by atoms with van der Waals surface area (Å²) in [6.45, 7) is 5.43. The summed E-state index contributed by atoms with van der Waals surface area (Å²) in [6, 6.07) is 9.34. The highest BCUT2D eigenvalue weighted by Gasteiger charge is 2.31. The van der Waals surface area contributed by atoms with Gasteiger partial charge in [-0.1, -0.05) is 18.2 Å². The quantitative estimate of drug-likeness (QED) is 0.669. The molecule has 1 atom stereocenters. The molecule has 3 heterocycles. The molecule has 1 aromatic carbocycles. The highest BCUT2D eigenvalue weighted by atomic mass is 32.2. The van der Waals surface area contributed by atoms with Crippen LogP contribution in [-0.4, -0.2) is 40.6 Å². The van der Waals surface area contributed by atoms with Crippen LogP contribution in [0.2, 0.25) is 0 Å². The molecule has 0 spiro atoms. The number of amides is 1. The first-order valence-electron chi connectivity index (χ1n) is 9.81. The lowest BCUT2D eigenvalue weighted by atomic mass is 10.2. The van der Waals surface area contributed by atoms with Gasteiger partial charge in [0.2, 0.25) is 11.8 Å². The molecule has 1 amide bonds. The molecule has 0 radical (unpaired) electrons. The molecule has 9 heteroatoms. The van der Waals surface area contributed by atoms with Crippen molar-refractivity contribution < 1.29 is 17.6 Å². The van der Waals surface area contributed by atoms with E-state index in [1.165, 1.54) is 0 Å². The Hall–Kier alpha value is -2.94. The van der Waals surface area contributed by atoms with Crippen molar-refractivity contribution in [2.24, 2.45) is 0 Å². The van der Waals surface area contributed by atoms with E-state index in [1.54, 1.807) is 18.5 Å². The minimum Gasteiger partial charge on any atom is -0.441 e. The van der Waals surface area contributed by atoms with Crippen LogP contribution in [0.3, 0.4) is 0 Å². The molecule has 3 aromatic rings. The van der Waals surface area contributed by atoms with E-state index in [-0.39, 0.29) is 29.9 Å². The molecule has 30 heavy (non-hydrogen) atoms. The van der Waals surface area contributed by atoms with Gasteiger partial charge in [0.15, 0.2) is 9.84 Å². The molecule has 158 valence electrons. The van der Waals surface area contributed by atoms with Gasteiger partial charge in [0, 0.05) is 5.56 Å². The van der Waals surface area contributed by atoms with E-state index in [0.717, 1.165) is 11.3 Å². The average molecular weight is 429 g/mol. The summed E-state index contributed by atoms with van der Waals surface area (Å²) in [5.41, 5.74) is 3.47. The molecule has 1 aliphatic rings. The predicted molar refractivity (Wildman–Crippen MR) is 113 cm³/mol. The predicted octanol–water partition coefficient (Wildman–Crippen LogP) is 3.00. The van der Waals surface area contributed by atoms with Gasteiger partial charge in [0.05, 0.1) is 46.7 Å². The third-order valence-corrected chi connectivity index (χ3v) is 7.14. The van der Waals surface area contributed by atoms with Gasteiger partial charge in [-0.25, -0.2) is 13.4 Å². The Balaban J connectivity index is 1.49. The number of nitrogens with zero attached hydrogens (tertiary/aromatic N) is 3. The molecule has 0 aliphatic carbocycles. The van der Waals surface area contributed by atoms with Gasteiger partial charge in [-0.2, -0.15) is 5.10 Å².